The second-order valence-corrected chi connectivity index (χ2v) is 4.90. The first-order valence-corrected chi connectivity index (χ1v) is 6.90. The van der Waals surface area contributed by atoms with Gasteiger partial charge in [-0.2, -0.15) is 0 Å². The number of benzene rings is 1. The molecule has 1 aliphatic heterocycles. The zero-order valence-electron chi connectivity index (χ0n) is 12.1. The molecule has 0 unspecified atom stereocenters. The predicted octanol–water partition coefficient (Wildman–Crippen LogP) is 1.89. The van der Waals surface area contributed by atoms with Crippen molar-refractivity contribution < 1.29 is 14.3 Å². The molecule has 0 bridgehead atoms. The van der Waals surface area contributed by atoms with Gasteiger partial charge >= 0.3 is 5.97 Å². The molecular formula is C15H16N2O3S. The van der Waals surface area contributed by atoms with Gasteiger partial charge in [0.2, 0.25) is 0 Å². The summed E-state index contributed by atoms with van der Waals surface area (Å²) < 4.78 is 4.65. The number of likely N-dealkylation sites (N-methyl/N-ethyl adjacent to an activating group) is 2. The SMILES string of the molecule is CCN1C(=O)/C(=C\c2ccc(C(=O)OC)cc2)N(C)C1=S. The van der Waals surface area contributed by atoms with E-state index in [1.54, 1.807) is 47.2 Å². The molecule has 110 valence electrons. The van der Waals surface area contributed by atoms with Crippen LogP contribution in [0.5, 0.6) is 0 Å². The molecule has 0 radical (unpaired) electrons. The third-order valence-corrected chi connectivity index (χ3v) is 3.79. The second kappa shape index (κ2) is 6.05. The minimum absolute atomic E-state index is 0.109. The third kappa shape index (κ3) is 2.80. The van der Waals surface area contributed by atoms with Crippen molar-refractivity contribution in [2.45, 2.75) is 6.92 Å². The fourth-order valence-corrected chi connectivity index (χ4v) is 2.39. The van der Waals surface area contributed by atoms with Crippen LogP contribution in [0.4, 0.5) is 0 Å². The van der Waals surface area contributed by atoms with Gasteiger partial charge in [0.25, 0.3) is 5.91 Å². The zero-order chi connectivity index (χ0) is 15.6. The second-order valence-electron chi connectivity index (χ2n) is 4.53. The first kappa shape index (κ1) is 15.2. The molecule has 1 fully saturated rings. The van der Waals surface area contributed by atoms with E-state index >= 15 is 0 Å². The molecule has 1 aliphatic rings. The first-order chi connectivity index (χ1) is 9.99. The van der Waals surface area contributed by atoms with Crippen LogP contribution < -0.4 is 0 Å². The van der Waals surface area contributed by atoms with Gasteiger partial charge in [-0.15, -0.1) is 0 Å². The highest BCUT2D eigenvalue weighted by atomic mass is 32.1. The predicted molar refractivity (Wildman–Crippen MR) is 83.5 cm³/mol. The third-order valence-electron chi connectivity index (χ3n) is 3.29. The van der Waals surface area contributed by atoms with Crippen LogP contribution in [0.25, 0.3) is 6.08 Å². The van der Waals surface area contributed by atoms with E-state index in [-0.39, 0.29) is 11.9 Å². The zero-order valence-corrected chi connectivity index (χ0v) is 12.9. The number of carbonyl (C=O) groups is 2. The molecule has 2 rings (SSSR count). The standard InChI is InChI=1S/C15H16N2O3S/c1-4-17-13(18)12(16(2)15(17)21)9-10-5-7-11(8-6-10)14(19)20-3/h5-9H,4H2,1-3H3/b12-9+. The molecule has 0 aliphatic carbocycles. The lowest BCUT2D eigenvalue weighted by molar-refractivity contribution is -0.122. The summed E-state index contributed by atoms with van der Waals surface area (Å²) in [5, 5.41) is 0.500. The van der Waals surface area contributed by atoms with Gasteiger partial charge in [0.1, 0.15) is 5.70 Å². The van der Waals surface area contributed by atoms with E-state index < -0.39 is 0 Å². The Morgan fingerprint density at radius 1 is 1.33 bits per heavy atom. The number of esters is 1. The minimum atomic E-state index is -0.387. The van der Waals surface area contributed by atoms with Gasteiger partial charge in [0, 0.05) is 13.6 Å². The summed E-state index contributed by atoms with van der Waals surface area (Å²) in [6.07, 6.45) is 1.76. The largest absolute Gasteiger partial charge is 0.465 e. The Kier molecular flexibility index (Phi) is 4.37. The number of thiocarbonyl (C=S) groups is 1. The lowest BCUT2D eigenvalue weighted by Crippen LogP contribution is -2.30. The van der Waals surface area contributed by atoms with Crippen molar-refractivity contribution in [2.75, 3.05) is 20.7 Å². The van der Waals surface area contributed by atoms with Gasteiger partial charge in [0.05, 0.1) is 12.7 Å². The van der Waals surface area contributed by atoms with Gasteiger partial charge in [-0.05, 0) is 42.9 Å². The van der Waals surface area contributed by atoms with Gasteiger partial charge in [-0.1, -0.05) is 12.1 Å². The van der Waals surface area contributed by atoms with Crippen LogP contribution in [0.1, 0.15) is 22.8 Å². The molecule has 1 amide bonds. The summed E-state index contributed by atoms with van der Waals surface area (Å²) in [6, 6.07) is 6.84. The minimum Gasteiger partial charge on any atom is -0.465 e. The summed E-state index contributed by atoms with van der Waals surface area (Å²) >= 11 is 5.23. The number of methoxy groups -OCH3 is 1. The van der Waals surface area contributed by atoms with Crippen LogP contribution >= 0.6 is 12.2 Å². The first-order valence-electron chi connectivity index (χ1n) is 6.49. The number of hydrogen-bond donors (Lipinski definition) is 0. The monoisotopic (exact) mass is 304 g/mol. The molecule has 0 N–H and O–H groups in total. The number of carbonyl (C=O) groups excluding carboxylic acids is 2. The van der Waals surface area contributed by atoms with Crippen LogP contribution in [0.15, 0.2) is 30.0 Å². The molecule has 6 heteroatoms. The van der Waals surface area contributed by atoms with Crippen LogP contribution in [-0.4, -0.2) is 47.5 Å². The van der Waals surface area contributed by atoms with Crippen molar-refractivity contribution in [2.24, 2.45) is 0 Å². The molecule has 0 aromatic heterocycles. The molecule has 1 heterocycles. The number of hydrogen-bond acceptors (Lipinski definition) is 4. The summed E-state index contributed by atoms with van der Waals surface area (Å²) in [6.45, 7) is 2.42. The maximum atomic E-state index is 12.2. The summed E-state index contributed by atoms with van der Waals surface area (Å²) in [4.78, 5) is 26.8. The molecule has 1 aromatic carbocycles. The van der Waals surface area contributed by atoms with Crippen LogP contribution in [0.2, 0.25) is 0 Å². The van der Waals surface area contributed by atoms with Gasteiger partial charge in [-0.25, -0.2) is 4.79 Å². The van der Waals surface area contributed by atoms with Crippen LogP contribution in [0.3, 0.4) is 0 Å². The fourth-order valence-electron chi connectivity index (χ4n) is 2.08. The molecule has 1 aromatic rings. The number of rotatable bonds is 3. The highest BCUT2D eigenvalue weighted by Gasteiger charge is 2.34. The Labute approximate surface area is 128 Å². The summed E-state index contributed by atoms with van der Waals surface area (Å²) in [5.74, 6) is -0.497. The van der Waals surface area contributed by atoms with E-state index in [9.17, 15) is 9.59 Å². The summed E-state index contributed by atoms with van der Waals surface area (Å²) in [5.41, 5.74) is 1.81. The molecule has 1 saturated heterocycles. The average Bonchev–Trinajstić information content (AvgIpc) is 2.70. The van der Waals surface area contributed by atoms with Gasteiger partial charge in [0.15, 0.2) is 5.11 Å². The molecule has 0 atom stereocenters. The van der Waals surface area contributed by atoms with E-state index in [1.807, 2.05) is 6.92 Å². The smallest absolute Gasteiger partial charge is 0.337 e. The van der Waals surface area contributed by atoms with Crippen LogP contribution in [-0.2, 0) is 9.53 Å². The van der Waals surface area contributed by atoms with E-state index in [1.165, 1.54) is 7.11 Å². The highest BCUT2D eigenvalue weighted by molar-refractivity contribution is 7.80. The lowest BCUT2D eigenvalue weighted by Gasteiger charge is -2.13. The van der Waals surface area contributed by atoms with Crippen molar-refractivity contribution in [1.29, 1.82) is 0 Å². The van der Waals surface area contributed by atoms with E-state index in [4.69, 9.17) is 12.2 Å². The van der Waals surface area contributed by atoms with Gasteiger partial charge < -0.3 is 9.64 Å². The molecule has 0 spiro atoms. The Morgan fingerprint density at radius 3 is 2.43 bits per heavy atom. The maximum absolute atomic E-state index is 12.2. The topological polar surface area (TPSA) is 49.9 Å². The van der Waals surface area contributed by atoms with Crippen molar-refractivity contribution in [3.8, 4) is 0 Å². The Hall–Kier alpha value is -2.21. The molecule has 0 saturated carbocycles. The van der Waals surface area contributed by atoms with E-state index in [0.29, 0.717) is 22.9 Å². The number of ether oxygens (including phenoxy) is 1. The molecule has 5 nitrogen and oxygen atoms in total. The molecule has 21 heavy (non-hydrogen) atoms. The fraction of sp³-hybridized carbons (Fsp3) is 0.267. The average molecular weight is 304 g/mol. The quantitative estimate of drug-likeness (QED) is 0.485. The van der Waals surface area contributed by atoms with Gasteiger partial charge in [-0.3, -0.25) is 9.69 Å². The van der Waals surface area contributed by atoms with E-state index in [2.05, 4.69) is 4.74 Å². The van der Waals surface area contributed by atoms with Crippen molar-refractivity contribution in [3.05, 3.63) is 41.1 Å². The molecular weight excluding hydrogens is 288 g/mol. The van der Waals surface area contributed by atoms with Crippen LogP contribution in [0, 0.1) is 0 Å². The normalized spacial score (nSPS) is 16.8. The summed E-state index contributed by atoms with van der Waals surface area (Å²) in [7, 11) is 3.11. The van der Waals surface area contributed by atoms with Crippen molar-refractivity contribution >= 4 is 35.3 Å². The Morgan fingerprint density at radius 2 is 1.95 bits per heavy atom. The van der Waals surface area contributed by atoms with E-state index in [0.717, 1.165) is 5.56 Å². The Balaban J connectivity index is 2.29. The van der Waals surface area contributed by atoms with Crippen molar-refractivity contribution in [3.63, 3.8) is 0 Å². The lowest BCUT2D eigenvalue weighted by atomic mass is 10.1. The number of amides is 1. The Bertz CT molecular complexity index is 622. The highest BCUT2D eigenvalue weighted by Crippen LogP contribution is 2.22. The van der Waals surface area contributed by atoms with Crippen molar-refractivity contribution in [1.82, 2.24) is 9.80 Å². The number of nitrogens with zero attached hydrogens (tertiary/aromatic N) is 2. The maximum Gasteiger partial charge on any atom is 0.337 e.